The molecule has 50 valence electrons. The zero-order valence-corrected chi connectivity index (χ0v) is 6.14. The van der Waals surface area contributed by atoms with Gasteiger partial charge in [0.15, 0.2) is 0 Å². The summed E-state index contributed by atoms with van der Waals surface area (Å²) >= 11 is 0. The molecular formula is C4H10O3P-. The van der Waals surface area contributed by atoms with Gasteiger partial charge in [0.1, 0.15) is 7.60 Å². The fourth-order valence-electron chi connectivity index (χ4n) is 0.383. The quantitative estimate of drug-likeness (QED) is 0.523. The molecule has 3 nitrogen and oxygen atoms in total. The molecule has 0 spiro atoms. The third-order valence-electron chi connectivity index (χ3n) is 0.402. The maximum atomic E-state index is 10.2. The van der Waals surface area contributed by atoms with E-state index in [1.54, 1.807) is 13.8 Å². The molecule has 0 radical (unpaired) electrons. The molecule has 0 saturated heterocycles. The Balaban J connectivity index is 3.56. The fourth-order valence-corrected chi connectivity index (χ4v) is 1.15. The van der Waals surface area contributed by atoms with Crippen molar-refractivity contribution in [1.82, 2.24) is 0 Å². The van der Waals surface area contributed by atoms with Crippen molar-refractivity contribution in [3.8, 4) is 0 Å². The van der Waals surface area contributed by atoms with E-state index in [0.717, 1.165) is 6.66 Å². The van der Waals surface area contributed by atoms with Gasteiger partial charge in [-0.3, -0.25) is 0 Å². The van der Waals surface area contributed by atoms with Crippen molar-refractivity contribution in [2.45, 2.75) is 20.0 Å². The van der Waals surface area contributed by atoms with Crippen LogP contribution in [0.3, 0.4) is 0 Å². The van der Waals surface area contributed by atoms with E-state index in [2.05, 4.69) is 4.52 Å². The van der Waals surface area contributed by atoms with E-state index in [1.807, 2.05) is 0 Å². The maximum absolute atomic E-state index is 10.2. The van der Waals surface area contributed by atoms with Gasteiger partial charge < -0.3 is 14.0 Å². The monoisotopic (exact) mass is 137 g/mol. The largest absolute Gasteiger partial charge is 0.779 e. The van der Waals surface area contributed by atoms with Crippen LogP contribution >= 0.6 is 7.60 Å². The topological polar surface area (TPSA) is 49.4 Å². The van der Waals surface area contributed by atoms with Crippen molar-refractivity contribution in [3.63, 3.8) is 0 Å². The van der Waals surface area contributed by atoms with Gasteiger partial charge in [-0.1, -0.05) is 0 Å². The van der Waals surface area contributed by atoms with Crippen LogP contribution in [0.5, 0.6) is 0 Å². The van der Waals surface area contributed by atoms with Crippen molar-refractivity contribution < 1.29 is 14.0 Å². The molecule has 0 aromatic carbocycles. The van der Waals surface area contributed by atoms with Crippen molar-refractivity contribution in [2.24, 2.45) is 0 Å². The number of hydrogen-bond acceptors (Lipinski definition) is 3. The smallest absolute Gasteiger partial charge is 0.132 e. The van der Waals surface area contributed by atoms with Gasteiger partial charge in [0, 0.05) is 6.66 Å². The summed E-state index contributed by atoms with van der Waals surface area (Å²) in [5, 5.41) is 0. The molecule has 0 aromatic heterocycles. The molecule has 1 atom stereocenters. The molecule has 8 heavy (non-hydrogen) atoms. The highest BCUT2D eigenvalue weighted by Gasteiger charge is 2.00. The van der Waals surface area contributed by atoms with Gasteiger partial charge in [-0.05, 0) is 13.8 Å². The molecule has 0 fully saturated rings. The van der Waals surface area contributed by atoms with E-state index in [-0.39, 0.29) is 6.10 Å². The third-order valence-corrected chi connectivity index (χ3v) is 1.21. The van der Waals surface area contributed by atoms with Gasteiger partial charge in [0.25, 0.3) is 0 Å². The van der Waals surface area contributed by atoms with E-state index in [4.69, 9.17) is 0 Å². The Hall–Kier alpha value is 0.150. The highest BCUT2D eigenvalue weighted by molar-refractivity contribution is 7.50. The van der Waals surface area contributed by atoms with Gasteiger partial charge in [-0.15, -0.1) is 0 Å². The molecule has 0 heterocycles. The lowest BCUT2D eigenvalue weighted by Crippen LogP contribution is -2.08. The number of hydrogen-bond donors (Lipinski definition) is 0. The Bertz CT molecular complexity index is 104. The first-order chi connectivity index (χ1) is 3.42. The summed E-state index contributed by atoms with van der Waals surface area (Å²) in [6, 6.07) is 0. The van der Waals surface area contributed by atoms with Crippen LogP contribution in [0.15, 0.2) is 0 Å². The van der Waals surface area contributed by atoms with Crippen molar-refractivity contribution >= 4 is 7.60 Å². The molecule has 0 aromatic rings. The normalized spacial score (nSPS) is 18.6. The molecule has 0 amide bonds. The molecule has 0 aliphatic heterocycles. The van der Waals surface area contributed by atoms with Gasteiger partial charge in [-0.25, -0.2) is 0 Å². The Morgan fingerprint density at radius 2 is 2.00 bits per heavy atom. The van der Waals surface area contributed by atoms with Crippen LogP contribution < -0.4 is 4.89 Å². The summed E-state index contributed by atoms with van der Waals surface area (Å²) in [6.45, 7) is 4.41. The summed E-state index contributed by atoms with van der Waals surface area (Å²) in [5.41, 5.74) is 0. The second-order valence-corrected chi connectivity index (χ2v) is 3.68. The minimum Gasteiger partial charge on any atom is -0.779 e. The Morgan fingerprint density at radius 3 is 2.00 bits per heavy atom. The fraction of sp³-hybridized carbons (Fsp3) is 1.00. The first-order valence-electron chi connectivity index (χ1n) is 2.39. The van der Waals surface area contributed by atoms with E-state index in [0.29, 0.717) is 0 Å². The van der Waals surface area contributed by atoms with E-state index in [1.165, 1.54) is 0 Å². The van der Waals surface area contributed by atoms with Crippen LogP contribution in [0.25, 0.3) is 0 Å². The molecule has 0 aliphatic rings. The lowest BCUT2D eigenvalue weighted by molar-refractivity contribution is -0.199. The molecule has 4 heteroatoms. The Labute approximate surface area is 49.2 Å². The van der Waals surface area contributed by atoms with Crippen molar-refractivity contribution in [1.29, 1.82) is 0 Å². The summed E-state index contributed by atoms with van der Waals surface area (Å²) in [4.78, 5) is 10.2. The average Bonchev–Trinajstić information content (AvgIpc) is 1.21. The summed E-state index contributed by atoms with van der Waals surface area (Å²) in [7, 11) is -3.47. The first-order valence-corrected chi connectivity index (χ1v) is 4.38. The lowest BCUT2D eigenvalue weighted by Gasteiger charge is -2.19. The zero-order chi connectivity index (χ0) is 6.78. The molecule has 0 rings (SSSR count). The van der Waals surface area contributed by atoms with E-state index < -0.39 is 7.60 Å². The molecule has 0 bridgehead atoms. The SMILES string of the molecule is CC(C)OP(C)(=O)[O-]. The predicted octanol–water partition coefficient (Wildman–Crippen LogP) is 0.595. The highest BCUT2D eigenvalue weighted by atomic mass is 31.2. The Kier molecular flexibility index (Phi) is 2.67. The van der Waals surface area contributed by atoms with Crippen LogP contribution in [-0.4, -0.2) is 12.8 Å². The van der Waals surface area contributed by atoms with E-state index in [9.17, 15) is 9.46 Å². The van der Waals surface area contributed by atoms with Gasteiger partial charge in [-0.2, -0.15) is 0 Å². The molecule has 0 aliphatic carbocycles. The van der Waals surface area contributed by atoms with Gasteiger partial charge >= 0.3 is 0 Å². The van der Waals surface area contributed by atoms with Crippen LogP contribution in [0.2, 0.25) is 0 Å². The van der Waals surface area contributed by atoms with Gasteiger partial charge in [0.05, 0.1) is 6.10 Å². The second-order valence-electron chi connectivity index (χ2n) is 1.93. The van der Waals surface area contributed by atoms with Gasteiger partial charge in [0.2, 0.25) is 0 Å². The lowest BCUT2D eigenvalue weighted by atomic mass is 10.5. The number of rotatable bonds is 2. The summed E-state index contributed by atoms with van der Waals surface area (Å²) in [6.07, 6.45) is -0.233. The first kappa shape index (κ1) is 8.15. The summed E-state index contributed by atoms with van der Waals surface area (Å²) in [5.74, 6) is 0. The Morgan fingerprint density at radius 1 is 1.62 bits per heavy atom. The third kappa shape index (κ3) is 6.15. The molecule has 1 unspecified atom stereocenters. The van der Waals surface area contributed by atoms with Crippen LogP contribution in [-0.2, 0) is 9.09 Å². The minimum absolute atomic E-state index is 0.233. The molecular weight excluding hydrogens is 127 g/mol. The minimum atomic E-state index is -3.47. The summed E-state index contributed by atoms with van der Waals surface area (Å²) < 4.78 is 14.7. The maximum Gasteiger partial charge on any atom is 0.132 e. The van der Waals surface area contributed by atoms with E-state index >= 15 is 0 Å². The predicted molar refractivity (Wildman–Crippen MR) is 29.8 cm³/mol. The van der Waals surface area contributed by atoms with Crippen molar-refractivity contribution in [3.05, 3.63) is 0 Å². The molecule has 0 N–H and O–H groups in total. The van der Waals surface area contributed by atoms with Crippen molar-refractivity contribution in [2.75, 3.05) is 6.66 Å². The van der Waals surface area contributed by atoms with Crippen LogP contribution in [0, 0.1) is 0 Å². The molecule has 0 saturated carbocycles. The standard InChI is InChI=1S/C4H11O3P/c1-4(2)7-8(3,5)6/h4H,1-3H3,(H,5,6)/p-1. The van der Waals surface area contributed by atoms with Crippen LogP contribution in [0.4, 0.5) is 0 Å². The second kappa shape index (κ2) is 2.62. The van der Waals surface area contributed by atoms with Crippen LogP contribution in [0.1, 0.15) is 13.8 Å². The highest BCUT2D eigenvalue weighted by Crippen LogP contribution is 2.32. The zero-order valence-electron chi connectivity index (χ0n) is 5.25. The average molecular weight is 137 g/mol.